The Hall–Kier alpha value is -2.04. The van der Waals surface area contributed by atoms with E-state index < -0.39 is 0 Å². The summed E-state index contributed by atoms with van der Waals surface area (Å²) in [6.45, 7) is 4.10. The number of hydrogen-bond donors (Lipinski definition) is 1. The van der Waals surface area contributed by atoms with Gasteiger partial charge in [-0.3, -0.25) is 4.79 Å². The molecule has 0 fully saturated rings. The number of carbonyl (C=O) groups excluding carboxylic acids is 1. The number of aromatic nitrogens is 1. The van der Waals surface area contributed by atoms with Gasteiger partial charge >= 0.3 is 0 Å². The Bertz CT molecular complexity index is 771. The highest BCUT2D eigenvalue weighted by Gasteiger charge is 2.13. The van der Waals surface area contributed by atoms with Crippen molar-refractivity contribution in [2.24, 2.45) is 5.73 Å². The molecule has 0 spiro atoms. The molecule has 0 aliphatic heterocycles. The fourth-order valence-electron chi connectivity index (χ4n) is 1.77. The molecular formula is C15H15N3O2S2. The number of Topliss-reactive ketones (excluding diaryl/α,β-unsaturated/α-hetero) is 1. The van der Waals surface area contributed by atoms with E-state index in [2.05, 4.69) is 4.98 Å². The Balaban J connectivity index is 2.11. The van der Waals surface area contributed by atoms with Crippen LogP contribution < -0.4 is 10.5 Å². The normalized spacial score (nSPS) is 11.9. The fourth-order valence-corrected chi connectivity index (χ4v) is 3.74. The smallest absolute Gasteiger partial charge is 0.185 e. The lowest BCUT2D eigenvalue weighted by molar-refractivity contribution is -0.112. The third-order valence-electron chi connectivity index (χ3n) is 2.76. The summed E-state index contributed by atoms with van der Waals surface area (Å²) >= 11 is 2.81. The molecule has 2 N–H and O–H groups in total. The quantitative estimate of drug-likeness (QED) is 0.496. The van der Waals surface area contributed by atoms with Gasteiger partial charge in [0, 0.05) is 5.70 Å². The number of rotatable bonds is 6. The maximum atomic E-state index is 11.9. The average Bonchev–Trinajstić information content (AvgIpc) is 2.88. The molecule has 0 aliphatic carbocycles. The number of hydrogen-bond acceptors (Lipinski definition) is 7. The molecule has 0 saturated heterocycles. The first-order chi connectivity index (χ1) is 10.5. The molecule has 0 bridgehead atoms. The Morgan fingerprint density at radius 3 is 2.95 bits per heavy atom. The molecule has 0 atom stereocenters. The molecule has 0 unspecified atom stereocenters. The highest BCUT2D eigenvalue weighted by molar-refractivity contribution is 8.01. The zero-order valence-electron chi connectivity index (χ0n) is 12.3. The van der Waals surface area contributed by atoms with Crippen molar-refractivity contribution < 1.29 is 9.53 Å². The van der Waals surface area contributed by atoms with Crippen LogP contribution >= 0.6 is 23.1 Å². The number of allylic oxidation sites excluding steroid dienone is 2. The lowest BCUT2D eigenvalue weighted by Gasteiger charge is -2.00. The van der Waals surface area contributed by atoms with Crippen LogP contribution in [0.5, 0.6) is 5.75 Å². The zero-order valence-corrected chi connectivity index (χ0v) is 13.9. The first kappa shape index (κ1) is 16.3. The average molecular weight is 333 g/mol. The van der Waals surface area contributed by atoms with Crippen LogP contribution in [0.15, 0.2) is 33.8 Å². The summed E-state index contributed by atoms with van der Waals surface area (Å²) in [5.74, 6) is 0.678. The first-order valence-corrected chi connectivity index (χ1v) is 8.41. The Kier molecular flexibility index (Phi) is 5.41. The number of carbonyl (C=O) groups is 1. The predicted molar refractivity (Wildman–Crippen MR) is 89.0 cm³/mol. The standard InChI is InChI=1S/C15H15N3O2S2/c1-3-20-10-4-5-12-14(6-10)22-15(18-12)21-8-13(19)11(7-16)9(2)17/h4-6H,3,8,17H2,1-2H3. The monoisotopic (exact) mass is 333 g/mol. The number of ether oxygens (including phenoxy) is 1. The summed E-state index contributed by atoms with van der Waals surface area (Å²) in [6.07, 6.45) is 0. The molecule has 1 aromatic heterocycles. The highest BCUT2D eigenvalue weighted by atomic mass is 32.2. The van der Waals surface area contributed by atoms with Crippen LogP contribution in [0, 0.1) is 11.3 Å². The van der Waals surface area contributed by atoms with Gasteiger partial charge in [0.25, 0.3) is 0 Å². The van der Waals surface area contributed by atoms with Crippen molar-refractivity contribution >= 4 is 39.1 Å². The summed E-state index contributed by atoms with van der Waals surface area (Å²) in [7, 11) is 0. The number of fused-ring (bicyclic) bond motifs is 1. The lowest BCUT2D eigenvalue weighted by Crippen LogP contribution is -2.10. The van der Waals surface area contributed by atoms with Crippen molar-refractivity contribution in [2.75, 3.05) is 12.4 Å². The van der Waals surface area contributed by atoms with Gasteiger partial charge in [-0.05, 0) is 32.0 Å². The van der Waals surface area contributed by atoms with Gasteiger partial charge in [-0.25, -0.2) is 4.98 Å². The second-order valence-corrected chi connectivity index (χ2v) is 6.68. The van der Waals surface area contributed by atoms with Crippen LogP contribution in [0.3, 0.4) is 0 Å². The molecule has 0 amide bonds. The maximum absolute atomic E-state index is 11.9. The minimum Gasteiger partial charge on any atom is -0.494 e. The van der Waals surface area contributed by atoms with Gasteiger partial charge in [0.05, 0.1) is 22.6 Å². The minimum atomic E-state index is -0.276. The zero-order chi connectivity index (χ0) is 16.1. The van der Waals surface area contributed by atoms with Crippen molar-refractivity contribution in [1.29, 1.82) is 5.26 Å². The summed E-state index contributed by atoms with van der Waals surface area (Å²) in [5, 5.41) is 8.91. The van der Waals surface area contributed by atoms with Crippen LogP contribution in [0.2, 0.25) is 0 Å². The van der Waals surface area contributed by atoms with Crippen molar-refractivity contribution in [3.63, 3.8) is 0 Å². The summed E-state index contributed by atoms with van der Waals surface area (Å²) in [5.41, 5.74) is 6.66. The van der Waals surface area contributed by atoms with E-state index in [9.17, 15) is 4.79 Å². The van der Waals surface area contributed by atoms with Gasteiger partial charge in [0.2, 0.25) is 0 Å². The summed E-state index contributed by atoms with van der Waals surface area (Å²) in [6, 6.07) is 7.55. The SMILES string of the molecule is CCOc1ccc2nc(SCC(=O)C(C#N)=C(C)N)sc2c1. The Labute approximate surface area is 136 Å². The molecule has 2 rings (SSSR count). The van der Waals surface area contributed by atoms with Crippen LogP contribution in [0.4, 0.5) is 0 Å². The van der Waals surface area contributed by atoms with E-state index in [1.165, 1.54) is 23.1 Å². The van der Waals surface area contributed by atoms with Gasteiger partial charge in [-0.1, -0.05) is 11.8 Å². The van der Waals surface area contributed by atoms with Gasteiger partial charge in [0.15, 0.2) is 10.1 Å². The van der Waals surface area contributed by atoms with Crippen molar-refractivity contribution in [3.8, 4) is 11.8 Å². The largest absolute Gasteiger partial charge is 0.494 e. The highest BCUT2D eigenvalue weighted by Crippen LogP contribution is 2.32. The van der Waals surface area contributed by atoms with Crippen LogP contribution in [0.1, 0.15) is 13.8 Å². The predicted octanol–water partition coefficient (Wildman–Crippen LogP) is 3.11. The molecule has 0 saturated carbocycles. The van der Waals surface area contributed by atoms with E-state index in [0.29, 0.717) is 6.61 Å². The topological polar surface area (TPSA) is 89.0 Å². The molecule has 0 radical (unpaired) electrons. The number of nitrogens with two attached hydrogens (primary N) is 1. The number of nitrogens with zero attached hydrogens (tertiary/aromatic N) is 2. The van der Waals surface area contributed by atoms with Gasteiger partial charge in [0.1, 0.15) is 17.4 Å². The van der Waals surface area contributed by atoms with E-state index in [1.54, 1.807) is 6.92 Å². The van der Waals surface area contributed by atoms with Gasteiger partial charge in [-0.2, -0.15) is 5.26 Å². The fraction of sp³-hybridized carbons (Fsp3) is 0.267. The van der Waals surface area contributed by atoms with Crippen molar-refractivity contribution in [1.82, 2.24) is 4.98 Å². The molecule has 2 aromatic rings. The number of ketones is 1. The van der Waals surface area contributed by atoms with E-state index in [0.717, 1.165) is 20.3 Å². The Morgan fingerprint density at radius 1 is 1.55 bits per heavy atom. The van der Waals surface area contributed by atoms with Gasteiger partial charge < -0.3 is 10.5 Å². The third kappa shape index (κ3) is 3.78. The molecule has 7 heteroatoms. The van der Waals surface area contributed by atoms with Crippen molar-refractivity contribution in [3.05, 3.63) is 29.5 Å². The van der Waals surface area contributed by atoms with Crippen LogP contribution in [-0.4, -0.2) is 23.1 Å². The lowest BCUT2D eigenvalue weighted by atomic mass is 10.2. The number of thiazole rings is 1. The van der Waals surface area contributed by atoms with Gasteiger partial charge in [-0.15, -0.1) is 11.3 Å². The number of benzene rings is 1. The summed E-state index contributed by atoms with van der Waals surface area (Å²) in [4.78, 5) is 16.4. The van der Waals surface area contributed by atoms with E-state index >= 15 is 0 Å². The second-order valence-electron chi connectivity index (χ2n) is 4.42. The number of thioether (sulfide) groups is 1. The Morgan fingerprint density at radius 2 is 2.32 bits per heavy atom. The number of nitriles is 1. The van der Waals surface area contributed by atoms with Crippen LogP contribution in [0.25, 0.3) is 10.2 Å². The van der Waals surface area contributed by atoms with E-state index in [4.69, 9.17) is 15.7 Å². The molecule has 22 heavy (non-hydrogen) atoms. The van der Waals surface area contributed by atoms with Crippen molar-refractivity contribution in [2.45, 2.75) is 18.2 Å². The van der Waals surface area contributed by atoms with E-state index in [-0.39, 0.29) is 22.8 Å². The van der Waals surface area contributed by atoms with E-state index in [1.807, 2.05) is 31.2 Å². The minimum absolute atomic E-state index is 0.0206. The molecular weight excluding hydrogens is 318 g/mol. The maximum Gasteiger partial charge on any atom is 0.185 e. The molecule has 114 valence electrons. The third-order valence-corrected chi connectivity index (χ3v) is 4.92. The first-order valence-electron chi connectivity index (χ1n) is 6.61. The summed E-state index contributed by atoms with van der Waals surface area (Å²) < 4.78 is 7.24. The van der Waals surface area contributed by atoms with Crippen LogP contribution in [-0.2, 0) is 4.79 Å². The molecule has 1 aromatic carbocycles. The molecule has 1 heterocycles. The molecule has 5 nitrogen and oxygen atoms in total. The molecule has 0 aliphatic rings. The second kappa shape index (κ2) is 7.29.